The van der Waals surface area contributed by atoms with Crippen LogP contribution in [0, 0.1) is 11.3 Å². The number of methoxy groups -OCH3 is 1. The van der Waals surface area contributed by atoms with E-state index in [2.05, 4.69) is 40.7 Å². The molecule has 118 valence electrons. The minimum Gasteiger partial charge on any atom is -0.497 e. The lowest BCUT2D eigenvalue weighted by molar-refractivity contribution is 0.415. The van der Waals surface area contributed by atoms with Gasteiger partial charge in [0.15, 0.2) is 0 Å². The lowest BCUT2D eigenvalue weighted by Crippen LogP contribution is -1.97. The highest BCUT2D eigenvalue weighted by Gasteiger charge is 2.18. The number of ether oxygens (including phenoxy) is 1. The van der Waals surface area contributed by atoms with E-state index in [1.54, 1.807) is 7.11 Å². The quantitative estimate of drug-likeness (QED) is 0.596. The van der Waals surface area contributed by atoms with Crippen molar-refractivity contribution < 1.29 is 4.74 Å². The average molecular weight is 315 g/mol. The average Bonchev–Trinajstić information content (AvgIpc) is 3.21. The number of aryl methyl sites for hydroxylation is 1. The zero-order chi connectivity index (χ0) is 16.7. The van der Waals surface area contributed by atoms with Gasteiger partial charge in [-0.05, 0) is 37.3 Å². The van der Waals surface area contributed by atoms with Crippen molar-refractivity contribution in [2.45, 2.75) is 13.5 Å². The lowest BCUT2D eigenvalue weighted by Gasteiger charge is -2.09. The molecule has 0 bridgehead atoms. The van der Waals surface area contributed by atoms with Gasteiger partial charge in [0.05, 0.1) is 23.9 Å². The van der Waals surface area contributed by atoms with E-state index in [9.17, 15) is 5.26 Å². The molecule has 0 amide bonds. The van der Waals surface area contributed by atoms with Crippen molar-refractivity contribution in [3.05, 3.63) is 54.2 Å². The molecule has 0 radical (unpaired) electrons. The summed E-state index contributed by atoms with van der Waals surface area (Å²) < 4.78 is 7.54. The van der Waals surface area contributed by atoms with Crippen LogP contribution in [-0.4, -0.2) is 16.7 Å². The molecule has 2 aromatic heterocycles. The van der Waals surface area contributed by atoms with Crippen LogP contribution in [-0.2, 0) is 6.54 Å². The van der Waals surface area contributed by atoms with Gasteiger partial charge in [0.2, 0.25) is 0 Å². The minimum atomic E-state index is 0.712. The van der Waals surface area contributed by atoms with Crippen LogP contribution in [0.15, 0.2) is 48.7 Å². The van der Waals surface area contributed by atoms with E-state index in [-0.39, 0.29) is 0 Å². The normalized spacial score (nSPS) is 11.0. The van der Waals surface area contributed by atoms with Gasteiger partial charge < -0.3 is 14.3 Å². The molecule has 0 saturated heterocycles. The van der Waals surface area contributed by atoms with Gasteiger partial charge in [0.1, 0.15) is 11.8 Å². The number of nitrogens with zero attached hydrogens (tertiary/aromatic N) is 2. The summed E-state index contributed by atoms with van der Waals surface area (Å²) in [6.45, 7) is 2.88. The zero-order valence-electron chi connectivity index (χ0n) is 13.6. The van der Waals surface area contributed by atoms with Gasteiger partial charge in [-0.1, -0.05) is 6.07 Å². The van der Waals surface area contributed by atoms with Crippen molar-refractivity contribution in [3.8, 4) is 23.1 Å². The highest BCUT2D eigenvalue weighted by Crippen LogP contribution is 2.36. The largest absolute Gasteiger partial charge is 0.497 e. The van der Waals surface area contributed by atoms with Crippen molar-refractivity contribution in [1.82, 2.24) is 9.55 Å². The van der Waals surface area contributed by atoms with Crippen LogP contribution in [0.2, 0.25) is 0 Å². The second-order valence-corrected chi connectivity index (χ2v) is 5.74. The van der Waals surface area contributed by atoms with Crippen LogP contribution in [0.4, 0.5) is 0 Å². The van der Waals surface area contributed by atoms with E-state index in [1.165, 1.54) is 0 Å². The molecule has 0 aliphatic rings. The van der Waals surface area contributed by atoms with E-state index >= 15 is 0 Å². The Bertz CT molecular complexity index is 1100. The highest BCUT2D eigenvalue weighted by atomic mass is 16.5. The third kappa shape index (κ3) is 1.99. The maximum Gasteiger partial charge on any atom is 0.120 e. The fourth-order valence-corrected chi connectivity index (χ4v) is 3.40. The molecule has 4 heteroatoms. The summed E-state index contributed by atoms with van der Waals surface area (Å²) in [5.41, 5.74) is 4.85. The first-order chi connectivity index (χ1) is 11.8. The Labute approximate surface area is 139 Å². The van der Waals surface area contributed by atoms with Crippen LogP contribution in [0.25, 0.3) is 33.1 Å². The van der Waals surface area contributed by atoms with Crippen LogP contribution in [0.3, 0.4) is 0 Å². The summed E-state index contributed by atoms with van der Waals surface area (Å²) in [6, 6.07) is 16.6. The van der Waals surface area contributed by atoms with Crippen molar-refractivity contribution >= 4 is 21.8 Å². The van der Waals surface area contributed by atoms with Crippen molar-refractivity contribution in [3.63, 3.8) is 0 Å². The third-order valence-corrected chi connectivity index (χ3v) is 4.53. The minimum absolute atomic E-state index is 0.712. The number of benzene rings is 2. The molecule has 1 N–H and O–H groups in total. The number of nitriles is 1. The molecule has 0 unspecified atom stereocenters. The molecule has 0 aliphatic carbocycles. The molecule has 2 aromatic carbocycles. The Balaban J connectivity index is 2.07. The molecule has 4 rings (SSSR count). The van der Waals surface area contributed by atoms with Gasteiger partial charge >= 0.3 is 0 Å². The summed E-state index contributed by atoms with van der Waals surface area (Å²) in [6.07, 6.45) is 1.93. The van der Waals surface area contributed by atoms with Crippen LogP contribution < -0.4 is 4.74 Å². The fraction of sp³-hybridized carbons (Fsp3) is 0.150. The number of hydrogen-bond donors (Lipinski definition) is 1. The standard InChI is InChI=1S/C20H17N3O/c1-3-23-19-11-15(24-2)5-6-16(19)17(12-21)20(23)14-4-7-18-13(10-14)8-9-22-18/h4-11,22H,3H2,1-2H3. The maximum absolute atomic E-state index is 9.79. The first-order valence-corrected chi connectivity index (χ1v) is 7.94. The van der Waals surface area contributed by atoms with E-state index < -0.39 is 0 Å². The molecule has 0 saturated carbocycles. The van der Waals surface area contributed by atoms with Crippen LogP contribution in [0.1, 0.15) is 12.5 Å². The van der Waals surface area contributed by atoms with Gasteiger partial charge in [-0.3, -0.25) is 0 Å². The van der Waals surface area contributed by atoms with E-state index in [0.29, 0.717) is 5.56 Å². The first kappa shape index (κ1) is 14.4. The Hall–Kier alpha value is -3.19. The molecule has 2 heterocycles. The lowest BCUT2D eigenvalue weighted by atomic mass is 10.0. The summed E-state index contributed by atoms with van der Waals surface area (Å²) in [5, 5.41) is 11.9. The number of aromatic amines is 1. The van der Waals surface area contributed by atoms with E-state index in [1.807, 2.05) is 30.5 Å². The smallest absolute Gasteiger partial charge is 0.120 e. The van der Waals surface area contributed by atoms with Crippen molar-refractivity contribution in [2.75, 3.05) is 7.11 Å². The molecule has 24 heavy (non-hydrogen) atoms. The predicted molar refractivity (Wildman–Crippen MR) is 96.2 cm³/mol. The Morgan fingerprint density at radius 2 is 2.04 bits per heavy atom. The van der Waals surface area contributed by atoms with Gasteiger partial charge in [-0.2, -0.15) is 5.26 Å². The number of aromatic nitrogens is 2. The third-order valence-electron chi connectivity index (χ3n) is 4.53. The maximum atomic E-state index is 9.79. The van der Waals surface area contributed by atoms with E-state index in [4.69, 9.17) is 4.74 Å². The van der Waals surface area contributed by atoms with Crippen LogP contribution in [0.5, 0.6) is 5.75 Å². The second kappa shape index (κ2) is 5.47. The molecule has 0 fully saturated rings. The van der Waals surface area contributed by atoms with Crippen molar-refractivity contribution in [2.24, 2.45) is 0 Å². The monoisotopic (exact) mass is 315 g/mol. The number of hydrogen-bond acceptors (Lipinski definition) is 2. The summed E-state index contributed by atoms with van der Waals surface area (Å²) >= 11 is 0. The summed E-state index contributed by atoms with van der Waals surface area (Å²) in [4.78, 5) is 3.21. The number of rotatable bonds is 3. The van der Waals surface area contributed by atoms with Gasteiger partial charge in [-0.15, -0.1) is 0 Å². The first-order valence-electron chi connectivity index (χ1n) is 7.94. The van der Waals surface area contributed by atoms with Gasteiger partial charge in [0.25, 0.3) is 0 Å². The zero-order valence-corrected chi connectivity index (χ0v) is 13.6. The molecule has 4 nitrogen and oxygen atoms in total. The Morgan fingerprint density at radius 1 is 1.17 bits per heavy atom. The van der Waals surface area contributed by atoms with Gasteiger partial charge in [0, 0.05) is 40.7 Å². The Morgan fingerprint density at radius 3 is 2.79 bits per heavy atom. The number of H-pyrrole nitrogens is 1. The Kier molecular flexibility index (Phi) is 3.28. The molecule has 4 aromatic rings. The second-order valence-electron chi connectivity index (χ2n) is 5.74. The molecular weight excluding hydrogens is 298 g/mol. The highest BCUT2D eigenvalue weighted by molar-refractivity contribution is 5.96. The predicted octanol–water partition coefficient (Wildman–Crippen LogP) is 4.69. The molecular formula is C20H17N3O. The van der Waals surface area contributed by atoms with E-state index in [0.717, 1.165) is 45.4 Å². The summed E-state index contributed by atoms with van der Waals surface area (Å²) in [7, 11) is 1.66. The fourth-order valence-electron chi connectivity index (χ4n) is 3.40. The summed E-state index contributed by atoms with van der Waals surface area (Å²) in [5.74, 6) is 0.798. The molecule has 0 aliphatic heterocycles. The van der Waals surface area contributed by atoms with Gasteiger partial charge in [-0.25, -0.2) is 0 Å². The topological polar surface area (TPSA) is 53.7 Å². The molecule has 0 atom stereocenters. The number of nitrogens with one attached hydrogen (secondary N) is 1. The molecule has 0 spiro atoms. The number of fused-ring (bicyclic) bond motifs is 2. The SMILES string of the molecule is CCn1c(-c2ccc3[nH]ccc3c2)c(C#N)c2ccc(OC)cc21. The van der Waals surface area contributed by atoms with Crippen molar-refractivity contribution in [1.29, 1.82) is 5.26 Å². The van der Waals surface area contributed by atoms with Crippen LogP contribution >= 0.6 is 0 Å².